The monoisotopic (exact) mass is 382 g/mol. The Morgan fingerprint density at radius 2 is 1.96 bits per heavy atom. The zero-order valence-electron chi connectivity index (χ0n) is 14.9. The number of rotatable bonds is 5. The van der Waals surface area contributed by atoms with Crippen LogP contribution in [-0.2, 0) is 11.2 Å². The first kappa shape index (κ1) is 17.9. The molecule has 1 aromatic carbocycles. The molecule has 4 rings (SSSR count). The van der Waals surface area contributed by atoms with Crippen molar-refractivity contribution in [2.45, 2.75) is 44.2 Å². The number of aliphatic hydroxyl groups excluding tert-OH is 1. The van der Waals surface area contributed by atoms with Crippen LogP contribution in [0.15, 0.2) is 42.0 Å². The largest absolute Gasteiger partial charge is 0.391 e. The van der Waals surface area contributed by atoms with Crippen molar-refractivity contribution < 1.29 is 9.90 Å². The second kappa shape index (κ2) is 8.02. The van der Waals surface area contributed by atoms with Crippen LogP contribution in [-0.4, -0.2) is 33.1 Å². The lowest BCUT2D eigenvalue weighted by atomic mass is 9.92. The van der Waals surface area contributed by atoms with Gasteiger partial charge < -0.3 is 15.7 Å². The number of benzene rings is 1. The predicted molar refractivity (Wildman–Crippen MR) is 107 cm³/mol. The fraction of sp³-hybridized carbons (Fsp3) is 0.350. The van der Waals surface area contributed by atoms with Crippen molar-refractivity contribution >= 4 is 39.0 Å². The predicted octanol–water partition coefficient (Wildman–Crippen LogP) is 3.40. The van der Waals surface area contributed by atoms with Gasteiger partial charge >= 0.3 is 0 Å². The fourth-order valence-electron chi connectivity index (χ4n) is 3.44. The first-order chi connectivity index (χ1) is 13.2. The highest BCUT2D eigenvalue weighted by Crippen LogP contribution is 2.27. The third kappa shape index (κ3) is 4.26. The molecule has 0 bridgehead atoms. The zero-order chi connectivity index (χ0) is 18.6. The molecule has 1 amide bonds. The molecule has 3 N–H and O–H groups in total. The van der Waals surface area contributed by atoms with Gasteiger partial charge in [-0.25, -0.2) is 9.97 Å². The van der Waals surface area contributed by atoms with Gasteiger partial charge in [-0.15, -0.1) is 11.3 Å². The molecule has 2 aromatic heterocycles. The van der Waals surface area contributed by atoms with Crippen molar-refractivity contribution in [1.82, 2.24) is 15.3 Å². The molecule has 0 aliphatic heterocycles. The summed E-state index contributed by atoms with van der Waals surface area (Å²) in [7, 11) is 0. The van der Waals surface area contributed by atoms with Gasteiger partial charge in [0.05, 0.1) is 28.8 Å². The fourth-order valence-corrected chi connectivity index (χ4v) is 4.23. The molecule has 0 spiro atoms. The molecular weight excluding hydrogens is 360 g/mol. The molecule has 0 unspecified atom stereocenters. The number of hydrogen-bond acceptors (Lipinski definition) is 6. The van der Waals surface area contributed by atoms with Crippen LogP contribution >= 0.6 is 11.3 Å². The van der Waals surface area contributed by atoms with Gasteiger partial charge in [0, 0.05) is 5.69 Å². The topological polar surface area (TPSA) is 87.1 Å². The highest BCUT2D eigenvalue weighted by atomic mass is 32.1. The Bertz CT molecular complexity index is 925. The summed E-state index contributed by atoms with van der Waals surface area (Å²) in [6, 6.07) is 9.62. The third-order valence-electron chi connectivity index (χ3n) is 4.90. The number of carbonyl (C=O) groups is 1. The Kier molecular flexibility index (Phi) is 5.31. The maximum atomic E-state index is 12.3. The van der Waals surface area contributed by atoms with Gasteiger partial charge in [0.2, 0.25) is 5.91 Å². The number of thiophene rings is 1. The Morgan fingerprint density at radius 3 is 2.78 bits per heavy atom. The lowest BCUT2D eigenvalue weighted by Gasteiger charge is -2.28. The van der Waals surface area contributed by atoms with E-state index in [2.05, 4.69) is 20.6 Å². The lowest BCUT2D eigenvalue weighted by molar-refractivity contribution is -0.122. The van der Waals surface area contributed by atoms with E-state index in [1.807, 2.05) is 35.7 Å². The van der Waals surface area contributed by atoms with Crippen molar-refractivity contribution in [1.29, 1.82) is 0 Å². The summed E-state index contributed by atoms with van der Waals surface area (Å²) in [5.41, 5.74) is 2.78. The van der Waals surface area contributed by atoms with Gasteiger partial charge in [-0.1, -0.05) is 25.0 Å². The van der Waals surface area contributed by atoms with Crippen LogP contribution in [0.1, 0.15) is 31.2 Å². The summed E-state index contributed by atoms with van der Waals surface area (Å²) in [6.07, 6.45) is 5.16. The third-order valence-corrected chi connectivity index (χ3v) is 5.81. The minimum Gasteiger partial charge on any atom is -0.391 e. The number of amides is 1. The Morgan fingerprint density at radius 1 is 1.15 bits per heavy atom. The molecule has 1 aliphatic rings. The normalized spacial score (nSPS) is 19.7. The smallest absolute Gasteiger partial charge is 0.224 e. The average molecular weight is 382 g/mol. The number of aromatic nitrogens is 2. The molecule has 0 radical (unpaired) electrons. The van der Waals surface area contributed by atoms with Crippen LogP contribution in [0, 0.1) is 0 Å². The number of aliphatic hydroxyl groups is 1. The van der Waals surface area contributed by atoms with Crippen LogP contribution < -0.4 is 10.6 Å². The molecule has 7 heteroatoms. The van der Waals surface area contributed by atoms with Crippen molar-refractivity contribution in [3.8, 4) is 0 Å². The molecular formula is C20H22N4O2S. The van der Waals surface area contributed by atoms with Crippen LogP contribution in [0.3, 0.4) is 0 Å². The minimum atomic E-state index is -0.420. The molecule has 3 aromatic rings. The number of nitrogens with zero attached hydrogens (tertiary/aromatic N) is 2. The highest BCUT2D eigenvalue weighted by Gasteiger charge is 2.24. The first-order valence-electron chi connectivity index (χ1n) is 9.20. The van der Waals surface area contributed by atoms with E-state index in [9.17, 15) is 9.90 Å². The van der Waals surface area contributed by atoms with Crippen LogP contribution in [0.2, 0.25) is 0 Å². The van der Waals surface area contributed by atoms with Gasteiger partial charge in [-0.2, -0.15) is 0 Å². The van der Waals surface area contributed by atoms with E-state index in [0.29, 0.717) is 6.42 Å². The van der Waals surface area contributed by atoms with E-state index in [1.165, 1.54) is 0 Å². The van der Waals surface area contributed by atoms with Crippen molar-refractivity contribution in [3.05, 3.63) is 47.6 Å². The minimum absolute atomic E-state index is 0.0437. The standard InChI is InChI=1S/C20H22N4O2S/c25-17-4-2-1-3-15(17)24-18(26)11-13-5-7-14(8-6-13)23-20-19-16(9-10-27-19)21-12-22-20/h5-10,12,15,17,25H,1-4,11H2,(H,24,26)(H,21,22,23)/t15-,17-/m0/s1. The van der Waals surface area contributed by atoms with Gasteiger partial charge in [0.15, 0.2) is 5.82 Å². The van der Waals surface area contributed by atoms with Crippen molar-refractivity contribution in [2.75, 3.05) is 5.32 Å². The SMILES string of the molecule is O=C(Cc1ccc(Nc2ncnc3ccsc23)cc1)N[C@H]1CCCC[C@@H]1O. The van der Waals surface area contributed by atoms with Gasteiger partial charge in [-0.3, -0.25) is 4.79 Å². The number of fused-ring (bicyclic) bond motifs is 1. The van der Waals surface area contributed by atoms with Crippen LogP contribution in [0.4, 0.5) is 11.5 Å². The maximum Gasteiger partial charge on any atom is 0.224 e. The summed E-state index contributed by atoms with van der Waals surface area (Å²) in [5, 5.41) is 18.3. The lowest BCUT2D eigenvalue weighted by Crippen LogP contribution is -2.45. The Labute approximate surface area is 161 Å². The van der Waals surface area contributed by atoms with E-state index in [4.69, 9.17) is 0 Å². The Hall–Kier alpha value is -2.51. The Balaban J connectivity index is 1.37. The van der Waals surface area contributed by atoms with E-state index in [-0.39, 0.29) is 11.9 Å². The molecule has 2 atom stereocenters. The molecule has 1 aliphatic carbocycles. The molecule has 1 saturated carbocycles. The first-order valence-corrected chi connectivity index (χ1v) is 10.1. The van der Waals surface area contributed by atoms with E-state index >= 15 is 0 Å². The number of hydrogen-bond donors (Lipinski definition) is 3. The number of nitrogens with one attached hydrogen (secondary N) is 2. The molecule has 2 heterocycles. The second-order valence-electron chi connectivity index (χ2n) is 6.88. The zero-order valence-corrected chi connectivity index (χ0v) is 15.7. The molecule has 0 saturated heterocycles. The van der Waals surface area contributed by atoms with Crippen LogP contribution in [0.5, 0.6) is 0 Å². The summed E-state index contributed by atoms with van der Waals surface area (Å²) in [5.74, 6) is 0.740. The summed E-state index contributed by atoms with van der Waals surface area (Å²) < 4.78 is 1.02. The second-order valence-corrected chi connectivity index (χ2v) is 7.80. The summed E-state index contributed by atoms with van der Waals surface area (Å²) in [4.78, 5) is 20.8. The maximum absolute atomic E-state index is 12.3. The van der Waals surface area contributed by atoms with Gasteiger partial charge in [-0.05, 0) is 42.0 Å². The number of carbonyl (C=O) groups excluding carboxylic acids is 1. The van der Waals surface area contributed by atoms with E-state index < -0.39 is 6.10 Å². The average Bonchev–Trinajstić information content (AvgIpc) is 3.15. The highest BCUT2D eigenvalue weighted by molar-refractivity contribution is 7.17. The van der Waals surface area contributed by atoms with Crippen LogP contribution in [0.25, 0.3) is 10.2 Å². The van der Waals surface area contributed by atoms with Crippen molar-refractivity contribution in [3.63, 3.8) is 0 Å². The molecule has 1 fully saturated rings. The number of anilines is 2. The summed E-state index contributed by atoms with van der Waals surface area (Å²) in [6.45, 7) is 0. The quantitative estimate of drug-likeness (QED) is 0.630. The van der Waals surface area contributed by atoms with Crippen molar-refractivity contribution in [2.24, 2.45) is 0 Å². The van der Waals surface area contributed by atoms with Gasteiger partial charge in [0.25, 0.3) is 0 Å². The van der Waals surface area contributed by atoms with Gasteiger partial charge in [0.1, 0.15) is 6.33 Å². The van der Waals surface area contributed by atoms with E-state index in [0.717, 1.165) is 53.0 Å². The molecule has 140 valence electrons. The molecule has 6 nitrogen and oxygen atoms in total. The van der Waals surface area contributed by atoms with E-state index in [1.54, 1.807) is 17.7 Å². The molecule has 27 heavy (non-hydrogen) atoms. The summed E-state index contributed by atoms with van der Waals surface area (Å²) >= 11 is 1.60.